The third-order valence-electron chi connectivity index (χ3n) is 5.16. The highest BCUT2D eigenvalue weighted by atomic mass is 32.2. The summed E-state index contributed by atoms with van der Waals surface area (Å²) in [5, 5.41) is 12.5. The normalized spacial score (nSPS) is 16.0. The lowest BCUT2D eigenvalue weighted by atomic mass is 10.1. The van der Waals surface area contributed by atoms with Gasteiger partial charge >= 0.3 is 0 Å². The van der Waals surface area contributed by atoms with Crippen LogP contribution in [0.3, 0.4) is 0 Å². The van der Waals surface area contributed by atoms with Crippen LogP contribution in [0.15, 0.2) is 59.5 Å². The van der Waals surface area contributed by atoms with Crippen LogP contribution in [0.5, 0.6) is 0 Å². The van der Waals surface area contributed by atoms with Crippen molar-refractivity contribution in [2.75, 3.05) is 22.5 Å². The number of nitrogens with one attached hydrogen (secondary N) is 1. The molecule has 3 aromatic rings. The molecule has 0 saturated carbocycles. The molecule has 0 aliphatic carbocycles. The summed E-state index contributed by atoms with van der Waals surface area (Å²) in [5.41, 5.74) is 2.16. The summed E-state index contributed by atoms with van der Waals surface area (Å²) in [6.45, 7) is 2.70. The van der Waals surface area contributed by atoms with Crippen molar-refractivity contribution in [1.29, 1.82) is 0 Å². The number of benzene rings is 2. The first-order chi connectivity index (χ1) is 15.1. The van der Waals surface area contributed by atoms with Gasteiger partial charge in [0.25, 0.3) is 0 Å². The molecule has 2 heterocycles. The van der Waals surface area contributed by atoms with Crippen LogP contribution in [0.1, 0.15) is 36.3 Å². The minimum atomic E-state index is -0.0775. The summed E-state index contributed by atoms with van der Waals surface area (Å²) >= 11 is 3.00. The number of nitrogens with zero attached hydrogens (tertiary/aromatic N) is 3. The van der Waals surface area contributed by atoms with Crippen LogP contribution < -0.4 is 10.2 Å². The number of aryl methyl sites for hydroxylation is 1. The zero-order valence-corrected chi connectivity index (χ0v) is 18.9. The molecule has 2 aromatic carbocycles. The molecule has 0 spiro atoms. The van der Waals surface area contributed by atoms with E-state index in [9.17, 15) is 9.59 Å². The fraction of sp³-hybridized carbons (Fsp3) is 0.304. The molecule has 1 aliphatic heterocycles. The van der Waals surface area contributed by atoms with E-state index in [0.717, 1.165) is 22.0 Å². The number of hydrogen-bond donors (Lipinski definition) is 1. The minimum absolute atomic E-state index is 0.00450. The molecule has 8 heteroatoms. The van der Waals surface area contributed by atoms with Gasteiger partial charge in [-0.1, -0.05) is 48.6 Å². The van der Waals surface area contributed by atoms with Gasteiger partial charge in [-0.25, -0.2) is 0 Å². The van der Waals surface area contributed by atoms with E-state index in [1.54, 1.807) is 11.8 Å². The lowest BCUT2D eigenvalue weighted by Gasteiger charge is -2.16. The highest BCUT2D eigenvalue weighted by molar-refractivity contribution is 7.99. The number of carbonyl (C=O) groups is 2. The third kappa shape index (κ3) is 5.51. The number of amides is 2. The Morgan fingerprint density at radius 3 is 2.68 bits per heavy atom. The van der Waals surface area contributed by atoms with E-state index in [-0.39, 0.29) is 17.7 Å². The monoisotopic (exact) mass is 452 g/mol. The Morgan fingerprint density at radius 2 is 1.94 bits per heavy atom. The molecule has 4 rings (SSSR count). The molecule has 1 aliphatic rings. The second-order valence-electron chi connectivity index (χ2n) is 7.33. The van der Waals surface area contributed by atoms with Crippen LogP contribution in [0.4, 0.5) is 10.8 Å². The van der Waals surface area contributed by atoms with E-state index >= 15 is 0 Å². The van der Waals surface area contributed by atoms with Gasteiger partial charge < -0.3 is 10.2 Å². The zero-order valence-electron chi connectivity index (χ0n) is 17.3. The molecule has 1 N–H and O–H groups in total. The SMILES string of the molecule is CCc1ccc(N2C[C@H](c3nnc(NC(=O)CCSc4ccccc4)s3)CC2=O)cc1. The van der Waals surface area contributed by atoms with E-state index in [0.29, 0.717) is 30.3 Å². The van der Waals surface area contributed by atoms with Crippen molar-refractivity contribution in [1.82, 2.24) is 10.2 Å². The maximum atomic E-state index is 12.5. The molecule has 0 radical (unpaired) electrons. The van der Waals surface area contributed by atoms with Crippen LogP contribution in [-0.4, -0.2) is 34.3 Å². The molecule has 0 bridgehead atoms. The molecular formula is C23H24N4O2S2. The van der Waals surface area contributed by atoms with Crippen LogP contribution in [0.25, 0.3) is 0 Å². The summed E-state index contributed by atoms with van der Waals surface area (Å²) < 4.78 is 0. The largest absolute Gasteiger partial charge is 0.312 e. The summed E-state index contributed by atoms with van der Waals surface area (Å²) in [5.74, 6) is 0.708. The van der Waals surface area contributed by atoms with Gasteiger partial charge in [-0.05, 0) is 36.2 Å². The average Bonchev–Trinajstić information content (AvgIpc) is 3.41. The lowest BCUT2D eigenvalue weighted by molar-refractivity contribution is -0.117. The summed E-state index contributed by atoms with van der Waals surface area (Å²) in [6, 6.07) is 18.1. The summed E-state index contributed by atoms with van der Waals surface area (Å²) in [6.07, 6.45) is 1.78. The topological polar surface area (TPSA) is 75.2 Å². The molecule has 1 aromatic heterocycles. The first kappa shape index (κ1) is 21.5. The zero-order chi connectivity index (χ0) is 21.6. The number of thioether (sulfide) groups is 1. The average molecular weight is 453 g/mol. The second kappa shape index (κ2) is 10.1. The Balaban J connectivity index is 1.30. The van der Waals surface area contributed by atoms with Crippen LogP contribution in [0.2, 0.25) is 0 Å². The van der Waals surface area contributed by atoms with Gasteiger partial charge in [0.15, 0.2) is 0 Å². The van der Waals surface area contributed by atoms with Crippen LogP contribution >= 0.6 is 23.1 Å². The van der Waals surface area contributed by atoms with Gasteiger partial charge in [0.1, 0.15) is 5.01 Å². The van der Waals surface area contributed by atoms with E-state index in [1.807, 2.05) is 47.4 Å². The minimum Gasteiger partial charge on any atom is -0.312 e. The molecule has 160 valence electrons. The molecule has 31 heavy (non-hydrogen) atoms. The van der Waals surface area contributed by atoms with Crippen molar-refractivity contribution in [3.8, 4) is 0 Å². The van der Waals surface area contributed by atoms with Crippen molar-refractivity contribution < 1.29 is 9.59 Å². The van der Waals surface area contributed by atoms with Crippen molar-refractivity contribution in [3.63, 3.8) is 0 Å². The van der Waals surface area contributed by atoms with Crippen molar-refractivity contribution in [3.05, 3.63) is 65.2 Å². The standard InChI is InChI=1S/C23H24N4O2S2/c1-2-16-8-10-18(11-9-16)27-15-17(14-21(27)29)22-25-26-23(31-22)24-20(28)12-13-30-19-6-4-3-5-7-19/h3-11,17H,2,12-15H2,1H3,(H,24,26,28)/t17-/m1/s1. The van der Waals surface area contributed by atoms with Gasteiger partial charge in [0.05, 0.1) is 0 Å². The van der Waals surface area contributed by atoms with Crippen molar-refractivity contribution >= 4 is 45.7 Å². The molecular weight excluding hydrogens is 428 g/mol. The Morgan fingerprint density at radius 1 is 1.16 bits per heavy atom. The van der Waals surface area contributed by atoms with Gasteiger partial charge in [-0.3, -0.25) is 9.59 Å². The Hall–Kier alpha value is -2.71. The highest BCUT2D eigenvalue weighted by Gasteiger charge is 2.34. The molecule has 1 saturated heterocycles. The van der Waals surface area contributed by atoms with Gasteiger partial charge in [0, 0.05) is 41.6 Å². The summed E-state index contributed by atoms with van der Waals surface area (Å²) in [7, 11) is 0. The lowest BCUT2D eigenvalue weighted by Crippen LogP contribution is -2.24. The third-order valence-corrected chi connectivity index (χ3v) is 7.17. The Kier molecular flexibility index (Phi) is 6.99. The molecule has 6 nitrogen and oxygen atoms in total. The van der Waals surface area contributed by atoms with E-state index < -0.39 is 0 Å². The molecule has 1 fully saturated rings. The Labute approximate surface area is 190 Å². The van der Waals surface area contributed by atoms with E-state index in [2.05, 4.69) is 34.6 Å². The van der Waals surface area contributed by atoms with Crippen LogP contribution in [-0.2, 0) is 16.0 Å². The first-order valence-corrected chi connectivity index (χ1v) is 12.1. The van der Waals surface area contributed by atoms with Crippen molar-refractivity contribution in [2.24, 2.45) is 0 Å². The van der Waals surface area contributed by atoms with Crippen LogP contribution in [0, 0.1) is 0 Å². The van der Waals surface area contributed by atoms with Gasteiger partial charge in [-0.15, -0.1) is 22.0 Å². The fourth-order valence-corrected chi connectivity index (χ4v) is 5.17. The van der Waals surface area contributed by atoms with E-state index in [4.69, 9.17) is 0 Å². The molecule has 0 unspecified atom stereocenters. The number of aromatic nitrogens is 2. The number of hydrogen-bond acceptors (Lipinski definition) is 6. The van der Waals surface area contributed by atoms with Gasteiger partial charge in [-0.2, -0.15) is 0 Å². The predicted molar refractivity (Wildman–Crippen MR) is 126 cm³/mol. The maximum absolute atomic E-state index is 12.5. The van der Waals surface area contributed by atoms with Crippen molar-refractivity contribution in [2.45, 2.75) is 37.0 Å². The summed E-state index contributed by atoms with van der Waals surface area (Å²) in [4.78, 5) is 27.7. The quantitative estimate of drug-likeness (QED) is 0.500. The first-order valence-electron chi connectivity index (χ1n) is 10.3. The van der Waals surface area contributed by atoms with Gasteiger partial charge in [0.2, 0.25) is 16.9 Å². The number of rotatable bonds is 8. The maximum Gasteiger partial charge on any atom is 0.227 e. The molecule has 2 amide bonds. The Bertz CT molecular complexity index is 1040. The highest BCUT2D eigenvalue weighted by Crippen LogP contribution is 2.34. The van der Waals surface area contributed by atoms with E-state index in [1.165, 1.54) is 16.9 Å². The number of anilines is 2. The smallest absolute Gasteiger partial charge is 0.227 e. The molecule has 1 atom stereocenters. The number of carbonyl (C=O) groups excluding carboxylic acids is 2. The predicted octanol–water partition coefficient (Wildman–Crippen LogP) is 4.74. The second-order valence-corrected chi connectivity index (χ2v) is 9.51. The fourth-order valence-electron chi connectivity index (χ4n) is 3.44.